The average Bonchev–Trinajstić information content (AvgIpc) is 2.66. The number of ketones is 1. The van der Waals surface area contributed by atoms with Crippen molar-refractivity contribution >= 4 is 15.9 Å². The Labute approximate surface area is 161 Å². The summed E-state index contributed by atoms with van der Waals surface area (Å²) in [6.45, 7) is -1.25. The number of ether oxygens (including phenoxy) is 1. The predicted octanol–water partition coefficient (Wildman–Crippen LogP) is -2.15. The number of hydrogen-bond donors (Lipinski definition) is 6. The van der Waals surface area contributed by atoms with E-state index in [1.807, 2.05) is 0 Å². The number of benzene rings is 1. The number of aliphatic hydroxyl groups is 4. The summed E-state index contributed by atoms with van der Waals surface area (Å²) in [5, 5.41) is 41.1. The smallest absolute Gasteiger partial charge is 0.301 e. The molecule has 0 spiro atoms. The SMILES string of the molecule is NO[C@H]1O[C@H](CO)[C@](O)(S(=O)(=O)O)[C@@](O)(C(=O)CCCc2ccccc2)[C@H]1O. The summed E-state index contributed by atoms with van der Waals surface area (Å²) in [5.41, 5.74) is -2.62. The highest BCUT2D eigenvalue weighted by Gasteiger charge is 2.74. The van der Waals surface area contributed by atoms with Crippen molar-refractivity contribution in [3.63, 3.8) is 0 Å². The first-order valence-corrected chi connectivity index (χ1v) is 9.77. The molecule has 0 unspecified atom stereocenters. The van der Waals surface area contributed by atoms with Crippen molar-refractivity contribution in [2.45, 2.75) is 48.3 Å². The molecule has 12 heteroatoms. The lowest BCUT2D eigenvalue weighted by Gasteiger charge is -2.51. The molecule has 1 fully saturated rings. The minimum absolute atomic E-state index is 0.123. The molecule has 0 aromatic heterocycles. The van der Waals surface area contributed by atoms with Gasteiger partial charge in [0.25, 0.3) is 4.93 Å². The highest BCUT2D eigenvalue weighted by Crippen LogP contribution is 2.43. The Bertz CT molecular complexity index is 788. The quantitative estimate of drug-likeness (QED) is 0.198. The molecular weight excluding hydrogens is 398 g/mol. The largest absolute Gasteiger partial charge is 0.394 e. The fourth-order valence-corrected chi connectivity index (χ4v) is 4.36. The van der Waals surface area contributed by atoms with Crippen LogP contribution in [0.4, 0.5) is 0 Å². The maximum absolute atomic E-state index is 12.7. The molecule has 2 rings (SSSR count). The second-order valence-electron chi connectivity index (χ2n) is 6.46. The normalized spacial score (nSPS) is 33.6. The number of Topliss-reactive ketones (excluding diaryl/α,β-unsaturated/α-hetero) is 1. The molecule has 158 valence electrons. The Hall–Kier alpha value is -1.48. The van der Waals surface area contributed by atoms with Gasteiger partial charge in [0.1, 0.15) is 12.2 Å². The molecule has 1 heterocycles. The molecule has 0 radical (unpaired) electrons. The van der Waals surface area contributed by atoms with E-state index in [0.717, 1.165) is 5.56 Å². The highest BCUT2D eigenvalue weighted by atomic mass is 32.2. The molecule has 1 aliphatic rings. The lowest BCUT2D eigenvalue weighted by atomic mass is 9.78. The van der Waals surface area contributed by atoms with Gasteiger partial charge in [-0.15, -0.1) is 0 Å². The Kier molecular flexibility index (Phi) is 6.91. The standard InChI is InChI=1S/C16H23NO10S/c17-27-14-13(20)15(21,16(22,28(23,24)25)12(9-18)26-14)11(19)8-4-7-10-5-2-1-3-6-10/h1-3,5-6,12-14,18,20-22H,4,7-9,17H2,(H,23,24,25)/t12-,13+,14-,15-,16+/m1/s1. The number of rotatable bonds is 8. The van der Waals surface area contributed by atoms with E-state index < -0.39 is 58.0 Å². The van der Waals surface area contributed by atoms with Crippen LogP contribution in [-0.2, 0) is 30.9 Å². The average molecular weight is 421 g/mol. The summed E-state index contributed by atoms with van der Waals surface area (Å²) in [5.74, 6) is 3.62. The summed E-state index contributed by atoms with van der Waals surface area (Å²) in [4.78, 5) is 13.2. The molecule has 28 heavy (non-hydrogen) atoms. The first-order chi connectivity index (χ1) is 13.0. The van der Waals surface area contributed by atoms with E-state index in [-0.39, 0.29) is 6.42 Å². The maximum Gasteiger partial charge on any atom is 0.301 e. The Balaban J connectivity index is 2.36. The van der Waals surface area contributed by atoms with Gasteiger partial charge in [-0.05, 0) is 18.4 Å². The summed E-state index contributed by atoms with van der Waals surface area (Å²) in [6.07, 6.45) is -6.64. The van der Waals surface area contributed by atoms with Gasteiger partial charge in [0.15, 0.2) is 5.78 Å². The Morgan fingerprint density at radius 1 is 1.25 bits per heavy atom. The van der Waals surface area contributed by atoms with E-state index in [1.165, 1.54) is 0 Å². The van der Waals surface area contributed by atoms with Crippen LogP contribution >= 0.6 is 0 Å². The molecule has 0 amide bonds. The molecule has 1 aromatic rings. The maximum atomic E-state index is 12.7. The molecule has 0 bridgehead atoms. The zero-order valence-corrected chi connectivity index (χ0v) is 15.5. The number of aryl methyl sites for hydroxylation is 1. The van der Waals surface area contributed by atoms with Crippen LogP contribution in [-0.4, -0.2) is 74.8 Å². The van der Waals surface area contributed by atoms with Gasteiger partial charge in [0, 0.05) is 6.42 Å². The molecule has 1 aliphatic heterocycles. The third-order valence-electron chi connectivity index (χ3n) is 4.80. The molecule has 7 N–H and O–H groups in total. The third-order valence-corrected chi connectivity index (χ3v) is 6.16. The first-order valence-electron chi connectivity index (χ1n) is 8.33. The number of carbonyl (C=O) groups excluding carboxylic acids is 1. The van der Waals surface area contributed by atoms with Crippen molar-refractivity contribution in [2.75, 3.05) is 6.61 Å². The third kappa shape index (κ3) is 3.70. The van der Waals surface area contributed by atoms with Crippen LogP contribution in [0.1, 0.15) is 18.4 Å². The van der Waals surface area contributed by atoms with Crippen LogP contribution < -0.4 is 5.90 Å². The van der Waals surface area contributed by atoms with Crippen molar-refractivity contribution in [1.82, 2.24) is 0 Å². The first kappa shape index (κ1) is 22.8. The Morgan fingerprint density at radius 2 is 1.86 bits per heavy atom. The lowest BCUT2D eigenvalue weighted by molar-refractivity contribution is -0.336. The van der Waals surface area contributed by atoms with Crippen molar-refractivity contribution in [3.05, 3.63) is 35.9 Å². The van der Waals surface area contributed by atoms with Crippen molar-refractivity contribution in [2.24, 2.45) is 5.90 Å². The Morgan fingerprint density at radius 3 is 2.36 bits per heavy atom. The van der Waals surface area contributed by atoms with Gasteiger partial charge in [-0.3, -0.25) is 14.2 Å². The lowest BCUT2D eigenvalue weighted by Crippen LogP contribution is -2.80. The molecular formula is C16H23NO10S. The zero-order chi connectivity index (χ0) is 21.2. The molecule has 11 nitrogen and oxygen atoms in total. The van der Waals surface area contributed by atoms with Crippen LogP contribution in [0, 0.1) is 0 Å². The fraction of sp³-hybridized carbons (Fsp3) is 0.562. The zero-order valence-electron chi connectivity index (χ0n) is 14.7. The van der Waals surface area contributed by atoms with Crippen molar-refractivity contribution in [1.29, 1.82) is 0 Å². The van der Waals surface area contributed by atoms with Gasteiger partial charge >= 0.3 is 10.1 Å². The minimum Gasteiger partial charge on any atom is -0.394 e. The van der Waals surface area contributed by atoms with Crippen LogP contribution in [0.2, 0.25) is 0 Å². The van der Waals surface area contributed by atoms with Crippen molar-refractivity contribution < 1.29 is 47.8 Å². The summed E-state index contributed by atoms with van der Waals surface area (Å²) >= 11 is 0. The van der Waals surface area contributed by atoms with E-state index >= 15 is 0 Å². The predicted molar refractivity (Wildman–Crippen MR) is 92.9 cm³/mol. The van der Waals surface area contributed by atoms with E-state index in [4.69, 9.17) is 10.6 Å². The van der Waals surface area contributed by atoms with Gasteiger partial charge in [-0.1, -0.05) is 30.3 Å². The molecule has 1 aromatic carbocycles. The van der Waals surface area contributed by atoms with Gasteiger partial charge in [0.2, 0.25) is 11.9 Å². The van der Waals surface area contributed by atoms with Crippen LogP contribution in [0.15, 0.2) is 30.3 Å². The van der Waals surface area contributed by atoms with E-state index in [0.29, 0.717) is 6.42 Å². The van der Waals surface area contributed by atoms with Gasteiger partial charge in [-0.25, -0.2) is 5.90 Å². The van der Waals surface area contributed by atoms with Gasteiger partial charge < -0.3 is 25.2 Å². The monoisotopic (exact) mass is 421 g/mol. The van der Waals surface area contributed by atoms with Crippen LogP contribution in [0.3, 0.4) is 0 Å². The topological polar surface area (TPSA) is 197 Å². The minimum atomic E-state index is -5.64. The summed E-state index contributed by atoms with van der Waals surface area (Å²) < 4.78 is 38.0. The summed E-state index contributed by atoms with van der Waals surface area (Å²) in [7, 11) is -5.64. The van der Waals surface area contributed by atoms with Gasteiger partial charge in [0.05, 0.1) is 6.61 Å². The highest BCUT2D eigenvalue weighted by molar-refractivity contribution is 7.87. The van der Waals surface area contributed by atoms with Gasteiger partial charge in [-0.2, -0.15) is 8.42 Å². The van der Waals surface area contributed by atoms with E-state index in [2.05, 4.69) is 4.84 Å². The number of nitrogens with two attached hydrogens (primary N) is 1. The molecule has 5 atom stereocenters. The molecule has 1 saturated heterocycles. The van der Waals surface area contributed by atoms with E-state index in [1.54, 1.807) is 30.3 Å². The number of aliphatic hydroxyl groups excluding tert-OH is 2. The van der Waals surface area contributed by atoms with Crippen molar-refractivity contribution in [3.8, 4) is 0 Å². The van der Waals surface area contributed by atoms with E-state index in [9.17, 15) is 38.2 Å². The summed E-state index contributed by atoms with van der Waals surface area (Å²) in [6, 6.07) is 8.93. The molecule has 0 aliphatic carbocycles. The van der Waals surface area contributed by atoms with Crippen LogP contribution in [0.25, 0.3) is 0 Å². The molecule has 0 saturated carbocycles. The second kappa shape index (κ2) is 8.49. The van der Waals surface area contributed by atoms with Crippen LogP contribution in [0.5, 0.6) is 0 Å². The number of hydrogen-bond acceptors (Lipinski definition) is 10. The second-order valence-corrected chi connectivity index (χ2v) is 8.03. The number of carbonyl (C=O) groups is 1. The fourth-order valence-electron chi connectivity index (χ4n) is 3.27.